The minimum absolute atomic E-state index is 0.0879. The van der Waals surface area contributed by atoms with Crippen molar-refractivity contribution >= 4 is 11.6 Å². The van der Waals surface area contributed by atoms with Crippen LogP contribution < -0.4 is 4.90 Å². The molecule has 2 rings (SSSR count). The maximum atomic E-state index is 11.2. The van der Waals surface area contributed by atoms with Gasteiger partial charge in [-0.15, -0.1) is 0 Å². The fourth-order valence-electron chi connectivity index (χ4n) is 1.32. The zero-order valence-electron chi connectivity index (χ0n) is 7.03. The van der Waals surface area contributed by atoms with Crippen LogP contribution in [0.25, 0.3) is 0 Å². The summed E-state index contributed by atoms with van der Waals surface area (Å²) < 4.78 is 0. The Morgan fingerprint density at radius 1 is 1.58 bits per heavy atom. The van der Waals surface area contributed by atoms with Gasteiger partial charge in [0, 0.05) is 7.05 Å². The summed E-state index contributed by atoms with van der Waals surface area (Å²) >= 11 is 0. The van der Waals surface area contributed by atoms with Crippen molar-refractivity contribution in [2.75, 3.05) is 11.9 Å². The lowest BCUT2D eigenvalue weighted by molar-refractivity contribution is -0.117. The molecule has 62 valence electrons. The summed E-state index contributed by atoms with van der Waals surface area (Å²) in [5, 5.41) is 0. The first kappa shape index (κ1) is 7.21. The largest absolute Gasteiger partial charge is 0.312 e. The molecule has 0 bridgehead atoms. The van der Waals surface area contributed by atoms with Crippen LogP contribution in [-0.4, -0.2) is 22.9 Å². The van der Waals surface area contributed by atoms with E-state index in [4.69, 9.17) is 0 Å². The molecule has 4 heteroatoms. The van der Waals surface area contributed by atoms with Crippen LogP contribution in [0.1, 0.15) is 11.5 Å². The third kappa shape index (κ3) is 0.879. The molecule has 0 aliphatic carbocycles. The maximum Gasteiger partial charge on any atom is 0.232 e. The minimum atomic E-state index is 0.0879. The molecule has 0 aromatic carbocycles. The topological polar surface area (TPSA) is 46.1 Å². The fraction of sp³-hybridized carbons (Fsp3) is 0.375. The quantitative estimate of drug-likeness (QED) is 0.552. The molecule has 0 unspecified atom stereocenters. The van der Waals surface area contributed by atoms with E-state index < -0.39 is 0 Å². The van der Waals surface area contributed by atoms with E-state index >= 15 is 0 Å². The molecule has 0 fully saturated rings. The van der Waals surface area contributed by atoms with Crippen LogP contribution in [0.2, 0.25) is 0 Å². The van der Waals surface area contributed by atoms with Crippen molar-refractivity contribution in [1.82, 2.24) is 9.97 Å². The molecule has 1 aliphatic rings. The summed E-state index contributed by atoms with van der Waals surface area (Å²) in [6.45, 7) is 1.82. The smallest absolute Gasteiger partial charge is 0.232 e. The molecular weight excluding hydrogens is 154 g/mol. The summed E-state index contributed by atoms with van der Waals surface area (Å²) in [5.74, 6) is 0.807. The number of hydrogen-bond donors (Lipinski definition) is 0. The Labute approximate surface area is 70.2 Å². The number of likely N-dealkylation sites (N-methyl/N-ethyl adjacent to an activating group) is 1. The zero-order valence-corrected chi connectivity index (χ0v) is 7.03. The molecule has 0 saturated heterocycles. The van der Waals surface area contributed by atoms with Crippen LogP contribution in [0.4, 0.5) is 5.69 Å². The summed E-state index contributed by atoms with van der Waals surface area (Å²) in [4.78, 5) is 21.0. The van der Waals surface area contributed by atoms with Gasteiger partial charge in [0.25, 0.3) is 0 Å². The van der Waals surface area contributed by atoms with Gasteiger partial charge in [-0.3, -0.25) is 4.79 Å². The fourth-order valence-corrected chi connectivity index (χ4v) is 1.32. The summed E-state index contributed by atoms with van der Waals surface area (Å²) in [6.07, 6.45) is 2.11. The number of anilines is 1. The van der Waals surface area contributed by atoms with Crippen molar-refractivity contribution in [3.63, 3.8) is 0 Å². The second kappa shape index (κ2) is 2.27. The first-order valence-electron chi connectivity index (χ1n) is 3.77. The number of hydrogen-bond acceptors (Lipinski definition) is 3. The summed E-state index contributed by atoms with van der Waals surface area (Å²) in [6, 6.07) is 0. The number of fused-ring (bicyclic) bond motifs is 1. The Morgan fingerprint density at radius 3 is 3.08 bits per heavy atom. The van der Waals surface area contributed by atoms with Gasteiger partial charge in [-0.05, 0) is 6.92 Å². The van der Waals surface area contributed by atoms with Gasteiger partial charge >= 0.3 is 0 Å². The van der Waals surface area contributed by atoms with Gasteiger partial charge in [-0.2, -0.15) is 0 Å². The van der Waals surface area contributed by atoms with Gasteiger partial charge in [0.15, 0.2) is 0 Å². The Kier molecular flexibility index (Phi) is 1.36. The van der Waals surface area contributed by atoms with Crippen molar-refractivity contribution in [2.24, 2.45) is 0 Å². The Morgan fingerprint density at radius 2 is 2.33 bits per heavy atom. The number of nitrogens with zero attached hydrogens (tertiary/aromatic N) is 3. The molecule has 1 aliphatic heterocycles. The first-order valence-corrected chi connectivity index (χ1v) is 3.77. The Balaban J connectivity index is 2.54. The van der Waals surface area contributed by atoms with Gasteiger partial charge in [0.2, 0.25) is 5.91 Å². The number of rotatable bonds is 0. The predicted molar refractivity (Wildman–Crippen MR) is 43.9 cm³/mol. The highest BCUT2D eigenvalue weighted by atomic mass is 16.2. The molecule has 1 aromatic heterocycles. The highest BCUT2D eigenvalue weighted by Crippen LogP contribution is 2.24. The second-order valence-electron chi connectivity index (χ2n) is 2.88. The third-order valence-corrected chi connectivity index (χ3v) is 2.02. The van der Waals surface area contributed by atoms with E-state index in [1.807, 2.05) is 6.92 Å². The van der Waals surface area contributed by atoms with Gasteiger partial charge in [-0.1, -0.05) is 0 Å². The molecule has 0 radical (unpaired) electrons. The van der Waals surface area contributed by atoms with Crippen LogP contribution in [0, 0.1) is 6.92 Å². The number of amides is 1. The normalized spacial score (nSPS) is 15.2. The van der Waals surface area contributed by atoms with Crippen molar-refractivity contribution in [3.8, 4) is 0 Å². The van der Waals surface area contributed by atoms with Crippen LogP contribution in [0.5, 0.6) is 0 Å². The molecule has 2 heterocycles. The molecule has 4 nitrogen and oxygen atoms in total. The van der Waals surface area contributed by atoms with Gasteiger partial charge in [-0.25, -0.2) is 9.97 Å². The van der Waals surface area contributed by atoms with Crippen LogP contribution in [-0.2, 0) is 11.2 Å². The molecule has 0 saturated carbocycles. The maximum absolute atomic E-state index is 11.2. The third-order valence-electron chi connectivity index (χ3n) is 2.02. The zero-order chi connectivity index (χ0) is 8.72. The highest BCUT2D eigenvalue weighted by Gasteiger charge is 2.25. The second-order valence-corrected chi connectivity index (χ2v) is 2.88. The first-order chi connectivity index (χ1) is 5.68. The molecule has 0 atom stereocenters. The SMILES string of the molecule is Cc1ncc2c(n1)CC(=O)N2C. The average Bonchev–Trinajstić information content (AvgIpc) is 2.28. The van der Waals surface area contributed by atoms with Gasteiger partial charge < -0.3 is 4.90 Å². The van der Waals surface area contributed by atoms with Crippen LogP contribution in [0.3, 0.4) is 0 Å². The average molecular weight is 163 g/mol. The number of aromatic nitrogens is 2. The number of carbonyl (C=O) groups excluding carboxylic acids is 1. The van der Waals surface area contributed by atoms with E-state index in [-0.39, 0.29) is 5.91 Å². The Bertz CT molecular complexity index is 348. The highest BCUT2D eigenvalue weighted by molar-refractivity contribution is 5.99. The number of carbonyl (C=O) groups is 1. The molecule has 12 heavy (non-hydrogen) atoms. The van der Waals surface area contributed by atoms with E-state index in [9.17, 15) is 4.79 Å². The molecule has 0 spiro atoms. The van der Waals surface area contributed by atoms with E-state index in [0.29, 0.717) is 6.42 Å². The van der Waals surface area contributed by atoms with E-state index in [2.05, 4.69) is 9.97 Å². The lowest BCUT2D eigenvalue weighted by Gasteiger charge is -2.07. The van der Waals surface area contributed by atoms with Gasteiger partial charge in [0.05, 0.1) is 24.0 Å². The van der Waals surface area contributed by atoms with Crippen molar-refractivity contribution in [1.29, 1.82) is 0 Å². The summed E-state index contributed by atoms with van der Waals surface area (Å²) in [5.41, 5.74) is 1.68. The van der Waals surface area contributed by atoms with Crippen molar-refractivity contribution in [3.05, 3.63) is 17.7 Å². The molecule has 1 aromatic rings. The summed E-state index contributed by atoms with van der Waals surface area (Å²) in [7, 11) is 1.74. The lowest BCUT2D eigenvalue weighted by atomic mass is 10.3. The van der Waals surface area contributed by atoms with Crippen molar-refractivity contribution in [2.45, 2.75) is 13.3 Å². The molecule has 1 amide bonds. The number of aryl methyl sites for hydroxylation is 1. The van der Waals surface area contributed by atoms with Crippen LogP contribution in [0.15, 0.2) is 6.20 Å². The molecule has 0 N–H and O–H groups in total. The minimum Gasteiger partial charge on any atom is -0.312 e. The lowest BCUT2D eigenvalue weighted by Crippen LogP contribution is -2.20. The molecular formula is C8H9N3O. The van der Waals surface area contributed by atoms with Gasteiger partial charge in [0.1, 0.15) is 5.82 Å². The van der Waals surface area contributed by atoms with Crippen LogP contribution >= 0.6 is 0 Å². The van der Waals surface area contributed by atoms with E-state index in [0.717, 1.165) is 17.2 Å². The standard InChI is InChI=1S/C8H9N3O/c1-5-9-4-7-6(10-5)3-8(12)11(7)2/h4H,3H2,1-2H3. The van der Waals surface area contributed by atoms with E-state index in [1.165, 1.54) is 0 Å². The van der Waals surface area contributed by atoms with E-state index in [1.54, 1.807) is 18.1 Å². The predicted octanol–water partition coefficient (Wildman–Crippen LogP) is 0.304. The van der Waals surface area contributed by atoms with Crippen molar-refractivity contribution < 1.29 is 4.79 Å². The Hall–Kier alpha value is -1.45. The monoisotopic (exact) mass is 163 g/mol.